The quantitative estimate of drug-likeness (QED) is 0.506. The number of rotatable bonds is 5. The maximum atomic E-state index is 13.9. The van der Waals surface area contributed by atoms with Crippen molar-refractivity contribution < 1.29 is 9.13 Å². The number of hydrogen-bond donors (Lipinski definition) is 1. The topological polar surface area (TPSA) is 78.8 Å². The van der Waals surface area contributed by atoms with Gasteiger partial charge in [-0.3, -0.25) is 4.79 Å². The molecule has 1 N–H and O–H groups in total. The first-order chi connectivity index (χ1) is 13.0. The highest BCUT2D eigenvalue weighted by Gasteiger charge is 2.14. The molecule has 0 aliphatic carbocycles. The number of nitriles is 1. The fraction of sp³-hybridized carbons (Fsp3) is 0.105. The minimum atomic E-state index is -0.499. The van der Waals surface area contributed by atoms with Gasteiger partial charge in [0.2, 0.25) is 0 Å². The van der Waals surface area contributed by atoms with Crippen LogP contribution in [-0.2, 0) is 6.61 Å². The van der Waals surface area contributed by atoms with Gasteiger partial charge in [0, 0.05) is 16.1 Å². The molecule has 0 bridgehead atoms. The van der Waals surface area contributed by atoms with E-state index >= 15 is 0 Å². The summed E-state index contributed by atoms with van der Waals surface area (Å²) >= 11 is 7.01. The van der Waals surface area contributed by atoms with E-state index in [2.05, 4.69) is 9.97 Å². The number of aromatic amines is 1. The molecule has 27 heavy (non-hydrogen) atoms. The number of nitrogens with zero attached hydrogens (tertiary/aromatic N) is 2. The summed E-state index contributed by atoms with van der Waals surface area (Å²) in [7, 11) is 0. The van der Waals surface area contributed by atoms with E-state index in [1.54, 1.807) is 42.7 Å². The third-order valence-electron chi connectivity index (χ3n) is 3.72. The van der Waals surface area contributed by atoms with Crippen molar-refractivity contribution in [2.24, 2.45) is 0 Å². The Balaban J connectivity index is 1.91. The molecule has 0 radical (unpaired) electrons. The van der Waals surface area contributed by atoms with Crippen molar-refractivity contribution in [3.05, 3.63) is 74.8 Å². The zero-order valence-electron chi connectivity index (χ0n) is 14.1. The maximum absolute atomic E-state index is 13.9. The lowest BCUT2D eigenvalue weighted by Crippen LogP contribution is -2.14. The molecule has 3 rings (SSSR count). The van der Waals surface area contributed by atoms with Crippen molar-refractivity contribution in [1.29, 1.82) is 5.26 Å². The Morgan fingerprint density at radius 3 is 2.85 bits per heavy atom. The van der Waals surface area contributed by atoms with Crippen LogP contribution < -0.4 is 10.3 Å². The third-order valence-corrected chi connectivity index (χ3v) is 4.53. The zero-order chi connectivity index (χ0) is 19.4. The van der Waals surface area contributed by atoms with Gasteiger partial charge in [0.1, 0.15) is 29.8 Å². The van der Waals surface area contributed by atoms with Crippen LogP contribution in [0.4, 0.5) is 4.39 Å². The smallest absolute Gasteiger partial charge is 0.270 e. The Hall–Kier alpha value is -2.82. The fourth-order valence-electron chi connectivity index (χ4n) is 2.39. The van der Waals surface area contributed by atoms with Gasteiger partial charge in [-0.1, -0.05) is 41.6 Å². The number of ether oxygens (including phenoxy) is 1. The van der Waals surface area contributed by atoms with Crippen LogP contribution in [0.25, 0.3) is 11.3 Å². The van der Waals surface area contributed by atoms with Gasteiger partial charge < -0.3 is 9.72 Å². The Morgan fingerprint density at radius 2 is 2.15 bits per heavy atom. The number of benzene rings is 2. The number of aromatic nitrogens is 2. The van der Waals surface area contributed by atoms with E-state index in [1.807, 2.05) is 6.07 Å². The highest BCUT2D eigenvalue weighted by molar-refractivity contribution is 7.98. The fourth-order valence-corrected chi connectivity index (χ4v) is 2.93. The second-order valence-electron chi connectivity index (χ2n) is 5.46. The molecule has 8 heteroatoms. The van der Waals surface area contributed by atoms with Crippen LogP contribution >= 0.6 is 23.4 Å². The number of thioether (sulfide) groups is 1. The molecule has 2 aromatic carbocycles. The first-order valence-corrected chi connectivity index (χ1v) is 9.37. The Bertz CT molecular complexity index is 1100. The van der Waals surface area contributed by atoms with Crippen LogP contribution in [0, 0.1) is 17.1 Å². The minimum Gasteiger partial charge on any atom is -0.489 e. The minimum absolute atomic E-state index is 0.0103. The molecule has 0 aliphatic rings. The number of hydrogen-bond acceptors (Lipinski definition) is 5. The van der Waals surface area contributed by atoms with E-state index in [0.717, 1.165) is 0 Å². The van der Waals surface area contributed by atoms with Crippen LogP contribution in [0.5, 0.6) is 5.75 Å². The summed E-state index contributed by atoms with van der Waals surface area (Å²) in [6.45, 7) is 0.0103. The SMILES string of the molecule is CSc1nc(-c2cccc(OCc3ccc(Cl)cc3F)c2)c(C#N)c(=O)[nH]1. The number of halogens is 2. The Morgan fingerprint density at radius 1 is 1.33 bits per heavy atom. The van der Waals surface area contributed by atoms with Crippen molar-refractivity contribution >= 4 is 23.4 Å². The Labute approximate surface area is 163 Å². The van der Waals surface area contributed by atoms with E-state index in [-0.39, 0.29) is 17.9 Å². The van der Waals surface area contributed by atoms with Gasteiger partial charge in [-0.25, -0.2) is 9.37 Å². The molecule has 0 atom stereocenters. The van der Waals surface area contributed by atoms with Gasteiger partial charge in [0.25, 0.3) is 5.56 Å². The van der Waals surface area contributed by atoms with Crippen molar-refractivity contribution in [2.45, 2.75) is 11.8 Å². The molecule has 1 aromatic heterocycles. The summed E-state index contributed by atoms with van der Waals surface area (Å²) < 4.78 is 19.5. The average Bonchev–Trinajstić information content (AvgIpc) is 2.67. The molecule has 0 spiro atoms. The second kappa shape index (κ2) is 8.25. The third kappa shape index (κ3) is 4.30. The van der Waals surface area contributed by atoms with Gasteiger partial charge in [0.05, 0.1) is 5.69 Å². The first kappa shape index (κ1) is 19.0. The molecular weight excluding hydrogens is 389 g/mol. The zero-order valence-corrected chi connectivity index (χ0v) is 15.7. The van der Waals surface area contributed by atoms with Gasteiger partial charge in [0.15, 0.2) is 5.16 Å². The summed E-state index contributed by atoms with van der Waals surface area (Å²) in [4.78, 5) is 18.9. The highest BCUT2D eigenvalue weighted by Crippen LogP contribution is 2.26. The monoisotopic (exact) mass is 401 g/mol. The molecule has 3 aromatic rings. The number of nitrogens with one attached hydrogen (secondary N) is 1. The molecule has 0 saturated carbocycles. The average molecular weight is 402 g/mol. The van der Waals surface area contributed by atoms with Crippen molar-refractivity contribution in [1.82, 2.24) is 9.97 Å². The van der Waals surface area contributed by atoms with Crippen LogP contribution in [0.2, 0.25) is 5.02 Å². The molecule has 0 amide bonds. The van der Waals surface area contributed by atoms with E-state index in [1.165, 1.54) is 17.8 Å². The molecule has 0 aliphatic heterocycles. The molecular formula is C19H13ClFN3O2S. The Kier molecular flexibility index (Phi) is 5.79. The summed E-state index contributed by atoms with van der Waals surface area (Å²) in [5, 5.41) is 10.0. The summed E-state index contributed by atoms with van der Waals surface area (Å²) in [6, 6.07) is 13.0. The maximum Gasteiger partial charge on any atom is 0.270 e. The number of H-pyrrole nitrogens is 1. The molecule has 0 saturated heterocycles. The predicted octanol–water partition coefficient (Wildman–Crippen LogP) is 4.40. The van der Waals surface area contributed by atoms with Gasteiger partial charge in [-0.15, -0.1) is 0 Å². The van der Waals surface area contributed by atoms with E-state index in [9.17, 15) is 14.4 Å². The standard InChI is InChI=1S/C19H13ClFN3O2S/c1-27-19-23-17(15(9-22)18(25)24-19)11-3-2-4-14(7-11)26-10-12-5-6-13(20)8-16(12)21/h2-8H,10H2,1H3,(H,23,24,25). The second-order valence-corrected chi connectivity index (χ2v) is 6.69. The van der Waals surface area contributed by atoms with Gasteiger partial charge >= 0.3 is 0 Å². The summed E-state index contributed by atoms with van der Waals surface area (Å²) in [5.41, 5.74) is 0.618. The summed E-state index contributed by atoms with van der Waals surface area (Å²) in [5.74, 6) is 0.00446. The van der Waals surface area contributed by atoms with Crippen molar-refractivity contribution in [3.8, 4) is 23.1 Å². The van der Waals surface area contributed by atoms with Gasteiger partial charge in [-0.05, 0) is 30.5 Å². The van der Waals surface area contributed by atoms with Gasteiger partial charge in [-0.2, -0.15) is 5.26 Å². The first-order valence-electron chi connectivity index (χ1n) is 7.77. The lowest BCUT2D eigenvalue weighted by Gasteiger charge is -2.10. The van der Waals surface area contributed by atoms with Crippen LogP contribution in [0.3, 0.4) is 0 Å². The van der Waals surface area contributed by atoms with E-state index < -0.39 is 11.4 Å². The largest absolute Gasteiger partial charge is 0.489 e. The molecule has 136 valence electrons. The molecule has 1 heterocycles. The molecule has 0 fully saturated rings. The van der Waals surface area contributed by atoms with Crippen LogP contribution in [0.1, 0.15) is 11.1 Å². The lowest BCUT2D eigenvalue weighted by molar-refractivity contribution is 0.300. The van der Waals surface area contributed by atoms with E-state index in [4.69, 9.17) is 16.3 Å². The predicted molar refractivity (Wildman–Crippen MR) is 103 cm³/mol. The van der Waals surface area contributed by atoms with Crippen molar-refractivity contribution in [2.75, 3.05) is 6.26 Å². The van der Waals surface area contributed by atoms with E-state index in [0.29, 0.717) is 27.1 Å². The molecule has 5 nitrogen and oxygen atoms in total. The lowest BCUT2D eigenvalue weighted by atomic mass is 10.1. The van der Waals surface area contributed by atoms with Crippen molar-refractivity contribution in [3.63, 3.8) is 0 Å². The summed E-state index contributed by atoms with van der Waals surface area (Å²) in [6.07, 6.45) is 1.77. The highest BCUT2D eigenvalue weighted by atomic mass is 35.5. The normalized spacial score (nSPS) is 10.4. The van der Waals surface area contributed by atoms with Crippen LogP contribution in [0.15, 0.2) is 52.4 Å². The van der Waals surface area contributed by atoms with Crippen LogP contribution in [-0.4, -0.2) is 16.2 Å². The molecule has 0 unspecified atom stereocenters.